The van der Waals surface area contributed by atoms with E-state index in [4.69, 9.17) is 0 Å². The minimum Gasteiger partial charge on any atom is -0.132 e. The number of hydrogen-bond donors (Lipinski definition) is 0. The molecule has 0 nitrogen and oxygen atoms in total. The Bertz CT molecular complexity index is 372. The molecule has 1 atom stereocenters. The Morgan fingerprint density at radius 2 is 2.00 bits per heavy atom. The van der Waals surface area contributed by atoms with Crippen molar-refractivity contribution < 1.29 is 0 Å². The number of aryl methyl sites for hydroxylation is 1. The van der Waals surface area contributed by atoms with Gasteiger partial charge in [-0.2, -0.15) is 0 Å². The molecule has 19 heavy (non-hydrogen) atoms. The Hall–Kier alpha value is 0.660. The molecule has 1 fully saturated rings. The van der Waals surface area contributed by atoms with Gasteiger partial charge in [-0.15, -0.1) is 11.3 Å². The lowest BCUT2D eigenvalue weighted by molar-refractivity contribution is 0.258. The normalized spacial score (nSPS) is 25.5. The lowest BCUT2D eigenvalue weighted by atomic mass is 9.78. The predicted molar refractivity (Wildman–Crippen MR) is 93.4 cm³/mol. The van der Waals surface area contributed by atoms with Gasteiger partial charge in [-0.1, -0.05) is 55.0 Å². The number of thiophene rings is 1. The van der Waals surface area contributed by atoms with E-state index in [1.54, 1.807) is 0 Å². The molecule has 0 aliphatic heterocycles. The maximum absolute atomic E-state index is 3.96. The third kappa shape index (κ3) is 4.31. The zero-order valence-electron chi connectivity index (χ0n) is 11.9. The highest BCUT2D eigenvalue weighted by atomic mass is 79.9. The summed E-state index contributed by atoms with van der Waals surface area (Å²) in [6.45, 7) is 4.49. The Balaban J connectivity index is 1.87. The maximum Gasteiger partial charge on any atom is 0.0730 e. The number of hydrogen-bond acceptors (Lipinski definition) is 1. The Kier molecular flexibility index (Phi) is 6.42. The van der Waals surface area contributed by atoms with Crippen molar-refractivity contribution in [3.05, 3.63) is 20.3 Å². The lowest BCUT2D eigenvalue weighted by Crippen LogP contribution is -2.17. The molecule has 0 amide bonds. The van der Waals surface area contributed by atoms with Crippen molar-refractivity contribution in [1.82, 2.24) is 0 Å². The van der Waals surface area contributed by atoms with Gasteiger partial charge in [0.15, 0.2) is 0 Å². The van der Waals surface area contributed by atoms with Gasteiger partial charge in [0.2, 0.25) is 0 Å². The molecule has 3 heteroatoms. The van der Waals surface area contributed by atoms with Crippen LogP contribution in [0.4, 0.5) is 0 Å². The van der Waals surface area contributed by atoms with Crippen molar-refractivity contribution in [3.8, 4) is 0 Å². The molecule has 0 aromatic carbocycles. The van der Waals surface area contributed by atoms with Crippen LogP contribution in [0.5, 0.6) is 0 Å². The molecule has 1 aromatic heterocycles. The van der Waals surface area contributed by atoms with E-state index in [0.717, 1.165) is 11.8 Å². The summed E-state index contributed by atoms with van der Waals surface area (Å²) < 4.78 is 1.29. The van der Waals surface area contributed by atoms with Crippen LogP contribution in [0.3, 0.4) is 0 Å². The molecule has 1 unspecified atom stereocenters. The van der Waals surface area contributed by atoms with Crippen molar-refractivity contribution in [1.29, 1.82) is 0 Å². The zero-order valence-corrected chi connectivity index (χ0v) is 15.9. The SMILES string of the molecule is CCCCC1CCC(C(Br)c2cc(C)c(Br)s2)CC1. The van der Waals surface area contributed by atoms with Crippen LogP contribution in [0.1, 0.15) is 67.1 Å². The molecule has 0 bridgehead atoms. The number of rotatable bonds is 5. The fourth-order valence-corrected chi connectivity index (χ4v) is 5.70. The van der Waals surface area contributed by atoms with Crippen LogP contribution in [0, 0.1) is 18.8 Å². The van der Waals surface area contributed by atoms with E-state index >= 15 is 0 Å². The largest absolute Gasteiger partial charge is 0.132 e. The first-order valence-corrected chi connectivity index (χ1v) is 10.0. The van der Waals surface area contributed by atoms with Gasteiger partial charge in [0, 0.05) is 4.88 Å². The summed E-state index contributed by atoms with van der Waals surface area (Å²) in [7, 11) is 0. The maximum atomic E-state index is 3.96. The highest BCUT2D eigenvalue weighted by Gasteiger charge is 2.27. The van der Waals surface area contributed by atoms with Crippen LogP contribution < -0.4 is 0 Å². The Morgan fingerprint density at radius 1 is 1.32 bits per heavy atom. The molecular formula is C16H24Br2S. The van der Waals surface area contributed by atoms with Crippen LogP contribution in [-0.4, -0.2) is 0 Å². The van der Waals surface area contributed by atoms with E-state index in [1.807, 2.05) is 11.3 Å². The van der Waals surface area contributed by atoms with Gasteiger partial charge in [-0.05, 0) is 59.2 Å². The van der Waals surface area contributed by atoms with Crippen LogP contribution in [0.2, 0.25) is 0 Å². The lowest BCUT2D eigenvalue weighted by Gasteiger charge is -2.31. The van der Waals surface area contributed by atoms with Gasteiger partial charge in [-0.25, -0.2) is 0 Å². The first kappa shape index (κ1) is 16.0. The zero-order chi connectivity index (χ0) is 13.8. The average Bonchev–Trinajstić information content (AvgIpc) is 2.76. The number of halogens is 2. The predicted octanol–water partition coefficient (Wildman–Crippen LogP) is 7.25. The van der Waals surface area contributed by atoms with E-state index in [2.05, 4.69) is 51.8 Å². The van der Waals surface area contributed by atoms with Crippen molar-refractivity contribution in [3.63, 3.8) is 0 Å². The van der Waals surface area contributed by atoms with Gasteiger partial charge >= 0.3 is 0 Å². The molecule has 108 valence electrons. The smallest absolute Gasteiger partial charge is 0.0730 e. The van der Waals surface area contributed by atoms with Crippen LogP contribution in [0.15, 0.2) is 9.85 Å². The van der Waals surface area contributed by atoms with Gasteiger partial charge in [0.05, 0.1) is 8.61 Å². The minimum atomic E-state index is 0.564. The van der Waals surface area contributed by atoms with Gasteiger partial charge in [0.25, 0.3) is 0 Å². The number of alkyl halides is 1. The second-order valence-electron chi connectivity index (χ2n) is 5.93. The molecule has 0 saturated heterocycles. The monoisotopic (exact) mass is 406 g/mol. The van der Waals surface area contributed by atoms with Crippen LogP contribution >= 0.6 is 43.2 Å². The second kappa shape index (κ2) is 7.61. The van der Waals surface area contributed by atoms with Crippen molar-refractivity contribution in [2.24, 2.45) is 11.8 Å². The summed E-state index contributed by atoms with van der Waals surface area (Å²) in [6, 6.07) is 2.34. The molecular weight excluding hydrogens is 384 g/mol. The first-order valence-electron chi connectivity index (χ1n) is 7.51. The molecule has 1 saturated carbocycles. The topological polar surface area (TPSA) is 0 Å². The molecule has 0 radical (unpaired) electrons. The fraction of sp³-hybridized carbons (Fsp3) is 0.750. The molecule has 1 aliphatic rings. The number of unbranched alkanes of at least 4 members (excludes halogenated alkanes) is 1. The third-order valence-corrected chi connectivity index (χ3v) is 8.18. The quantitative estimate of drug-likeness (QED) is 0.450. The molecule has 1 heterocycles. The van der Waals surface area contributed by atoms with E-state index in [1.165, 1.54) is 59.2 Å². The molecule has 1 aliphatic carbocycles. The van der Waals surface area contributed by atoms with E-state index < -0.39 is 0 Å². The fourth-order valence-electron chi connectivity index (χ4n) is 3.11. The van der Waals surface area contributed by atoms with Crippen molar-refractivity contribution >= 4 is 43.2 Å². The van der Waals surface area contributed by atoms with Gasteiger partial charge in [0.1, 0.15) is 0 Å². The highest BCUT2D eigenvalue weighted by molar-refractivity contribution is 9.11. The standard InChI is InChI=1S/C16H24Br2S/c1-3-4-5-12-6-8-13(9-7-12)15(17)14-10-11(2)16(18)19-14/h10,12-13,15H,3-9H2,1-2H3. The Labute approximate surface area is 138 Å². The summed E-state index contributed by atoms with van der Waals surface area (Å²) in [4.78, 5) is 2.07. The summed E-state index contributed by atoms with van der Waals surface area (Å²) >= 11 is 9.50. The molecule has 0 N–H and O–H groups in total. The van der Waals surface area contributed by atoms with Crippen molar-refractivity contribution in [2.75, 3.05) is 0 Å². The van der Waals surface area contributed by atoms with Crippen LogP contribution in [0.25, 0.3) is 0 Å². The second-order valence-corrected chi connectivity index (χ2v) is 9.32. The molecule has 0 spiro atoms. The third-order valence-electron chi connectivity index (χ3n) is 4.42. The molecule has 1 aromatic rings. The average molecular weight is 408 g/mol. The first-order chi connectivity index (χ1) is 9.11. The molecule has 2 rings (SSSR count). The minimum absolute atomic E-state index is 0.564. The van der Waals surface area contributed by atoms with Crippen LogP contribution in [-0.2, 0) is 0 Å². The van der Waals surface area contributed by atoms with E-state index in [0.29, 0.717) is 4.83 Å². The van der Waals surface area contributed by atoms with E-state index in [9.17, 15) is 0 Å². The summed E-state index contributed by atoms with van der Waals surface area (Å²) in [5.74, 6) is 1.84. The van der Waals surface area contributed by atoms with Gasteiger partial charge < -0.3 is 0 Å². The highest BCUT2D eigenvalue weighted by Crippen LogP contribution is 2.45. The summed E-state index contributed by atoms with van der Waals surface area (Å²) in [6.07, 6.45) is 9.92. The summed E-state index contributed by atoms with van der Waals surface area (Å²) in [5, 5.41) is 0. The Morgan fingerprint density at radius 3 is 2.53 bits per heavy atom. The van der Waals surface area contributed by atoms with Crippen molar-refractivity contribution in [2.45, 2.75) is 63.6 Å². The van der Waals surface area contributed by atoms with E-state index in [-0.39, 0.29) is 0 Å². The van der Waals surface area contributed by atoms with Gasteiger partial charge in [-0.3, -0.25) is 0 Å². The summed E-state index contributed by atoms with van der Waals surface area (Å²) in [5.41, 5.74) is 1.38.